The zero-order valence-electron chi connectivity index (χ0n) is 15.1. The Kier molecular flexibility index (Phi) is 8.46. The lowest BCUT2D eigenvalue weighted by Crippen LogP contribution is -2.53. The summed E-state index contributed by atoms with van der Waals surface area (Å²) in [7, 11) is 0. The van der Waals surface area contributed by atoms with Crippen molar-refractivity contribution in [2.24, 2.45) is 11.7 Å². The fraction of sp³-hybridized carbons (Fsp3) is 0.750. The van der Waals surface area contributed by atoms with Gasteiger partial charge in [0.25, 0.3) is 0 Å². The number of carbonyl (C=O) groups excluding carboxylic acids is 3. The van der Waals surface area contributed by atoms with Crippen molar-refractivity contribution >= 4 is 23.7 Å². The molecule has 26 heavy (non-hydrogen) atoms. The number of amides is 3. The number of rotatable bonds is 9. The van der Waals surface area contributed by atoms with Gasteiger partial charge >= 0.3 is 5.97 Å². The standard InChI is InChI=1S/C16H28N4O6/c1-9(2)6-10(17)15(24)20-5-3-4-12(20)14(23)18-7-13(22)19-11(8-21)16(25)26/h9-12,21H,3-8,17H2,1-2H3,(H,18,23)(H,19,22)(H,25,26). The van der Waals surface area contributed by atoms with Crippen LogP contribution in [-0.2, 0) is 19.2 Å². The summed E-state index contributed by atoms with van der Waals surface area (Å²) in [4.78, 5) is 48.6. The molecular formula is C16H28N4O6. The minimum Gasteiger partial charge on any atom is -0.480 e. The summed E-state index contributed by atoms with van der Waals surface area (Å²) in [6, 6.07) is -2.80. The van der Waals surface area contributed by atoms with Crippen LogP contribution in [0, 0.1) is 5.92 Å². The minimum atomic E-state index is -1.43. The van der Waals surface area contributed by atoms with Gasteiger partial charge in [-0.25, -0.2) is 4.79 Å². The van der Waals surface area contributed by atoms with Gasteiger partial charge in [0.15, 0.2) is 0 Å². The second kappa shape index (κ2) is 10.1. The van der Waals surface area contributed by atoms with Crippen LogP contribution < -0.4 is 16.4 Å². The van der Waals surface area contributed by atoms with Crippen molar-refractivity contribution in [1.29, 1.82) is 0 Å². The number of aliphatic hydroxyl groups excluding tert-OH is 1. The molecule has 3 amide bonds. The summed E-state index contributed by atoms with van der Waals surface area (Å²) in [5, 5.41) is 22.1. The fourth-order valence-electron chi connectivity index (χ4n) is 2.84. The van der Waals surface area contributed by atoms with Crippen LogP contribution in [0.25, 0.3) is 0 Å². The monoisotopic (exact) mass is 372 g/mol. The Morgan fingerprint density at radius 3 is 2.46 bits per heavy atom. The van der Waals surface area contributed by atoms with Crippen molar-refractivity contribution in [1.82, 2.24) is 15.5 Å². The third-order valence-corrected chi connectivity index (χ3v) is 4.12. The number of carbonyl (C=O) groups is 4. The number of likely N-dealkylation sites (tertiary alicyclic amines) is 1. The molecule has 1 aliphatic heterocycles. The van der Waals surface area contributed by atoms with Crippen LogP contribution in [0.15, 0.2) is 0 Å². The van der Waals surface area contributed by atoms with E-state index in [2.05, 4.69) is 10.6 Å². The molecule has 10 heteroatoms. The van der Waals surface area contributed by atoms with E-state index in [0.29, 0.717) is 25.8 Å². The van der Waals surface area contributed by atoms with Crippen molar-refractivity contribution in [3.63, 3.8) is 0 Å². The molecule has 0 aliphatic carbocycles. The van der Waals surface area contributed by atoms with Crippen molar-refractivity contribution in [3.05, 3.63) is 0 Å². The average Bonchev–Trinajstić information content (AvgIpc) is 3.05. The Labute approximate surface area is 152 Å². The van der Waals surface area contributed by atoms with Crippen LogP contribution in [0.4, 0.5) is 0 Å². The molecule has 1 heterocycles. The van der Waals surface area contributed by atoms with E-state index in [-0.39, 0.29) is 11.8 Å². The maximum atomic E-state index is 12.4. The molecule has 1 saturated heterocycles. The largest absolute Gasteiger partial charge is 0.480 e. The quantitative estimate of drug-likeness (QED) is 0.313. The number of carboxylic acid groups (broad SMARTS) is 1. The normalized spacial score (nSPS) is 19.1. The van der Waals surface area contributed by atoms with Gasteiger partial charge in [-0.1, -0.05) is 13.8 Å². The predicted octanol–water partition coefficient (Wildman–Crippen LogP) is -1.97. The zero-order chi connectivity index (χ0) is 19.9. The lowest BCUT2D eigenvalue weighted by atomic mass is 10.0. The van der Waals surface area contributed by atoms with Gasteiger partial charge in [0.2, 0.25) is 17.7 Å². The van der Waals surface area contributed by atoms with Gasteiger partial charge in [0, 0.05) is 6.54 Å². The SMILES string of the molecule is CC(C)CC(N)C(=O)N1CCCC1C(=O)NCC(=O)NC(CO)C(=O)O. The number of hydrogen-bond acceptors (Lipinski definition) is 6. The van der Waals surface area contributed by atoms with Crippen LogP contribution >= 0.6 is 0 Å². The molecule has 148 valence electrons. The van der Waals surface area contributed by atoms with Crippen LogP contribution in [0.3, 0.4) is 0 Å². The molecule has 0 bridgehead atoms. The van der Waals surface area contributed by atoms with Gasteiger partial charge in [0.1, 0.15) is 12.1 Å². The third-order valence-electron chi connectivity index (χ3n) is 4.12. The Hall–Kier alpha value is -2.20. The number of carboxylic acids is 1. The van der Waals surface area contributed by atoms with Crippen LogP contribution in [0.2, 0.25) is 0 Å². The summed E-state index contributed by atoms with van der Waals surface area (Å²) in [5.41, 5.74) is 5.91. The van der Waals surface area contributed by atoms with Crippen molar-refractivity contribution in [2.45, 2.75) is 51.2 Å². The lowest BCUT2D eigenvalue weighted by molar-refractivity contribution is -0.143. The van der Waals surface area contributed by atoms with Gasteiger partial charge in [0.05, 0.1) is 19.2 Å². The summed E-state index contributed by atoms with van der Waals surface area (Å²) >= 11 is 0. The third kappa shape index (κ3) is 6.26. The highest BCUT2D eigenvalue weighted by atomic mass is 16.4. The van der Waals surface area contributed by atoms with Crippen LogP contribution in [0.5, 0.6) is 0 Å². The lowest BCUT2D eigenvalue weighted by Gasteiger charge is -2.27. The number of aliphatic carboxylic acids is 1. The Balaban J connectivity index is 2.56. The fourth-order valence-corrected chi connectivity index (χ4v) is 2.84. The van der Waals surface area contributed by atoms with E-state index in [1.165, 1.54) is 4.90 Å². The first-order valence-electron chi connectivity index (χ1n) is 8.64. The van der Waals surface area contributed by atoms with E-state index in [9.17, 15) is 19.2 Å². The Morgan fingerprint density at radius 1 is 1.27 bits per heavy atom. The summed E-state index contributed by atoms with van der Waals surface area (Å²) in [6.45, 7) is 3.14. The molecule has 0 aromatic rings. The number of nitrogens with zero attached hydrogens (tertiary/aromatic N) is 1. The van der Waals surface area contributed by atoms with E-state index in [1.54, 1.807) is 0 Å². The zero-order valence-corrected chi connectivity index (χ0v) is 15.1. The van der Waals surface area contributed by atoms with E-state index in [1.807, 2.05) is 13.8 Å². The molecule has 0 radical (unpaired) electrons. The molecule has 1 aliphatic rings. The molecule has 3 atom stereocenters. The maximum absolute atomic E-state index is 12.4. The number of nitrogens with two attached hydrogens (primary N) is 1. The van der Waals surface area contributed by atoms with E-state index in [0.717, 1.165) is 0 Å². The average molecular weight is 372 g/mol. The number of hydrogen-bond donors (Lipinski definition) is 5. The summed E-state index contributed by atoms with van der Waals surface area (Å²) < 4.78 is 0. The molecular weight excluding hydrogens is 344 g/mol. The van der Waals surface area contributed by atoms with E-state index in [4.69, 9.17) is 15.9 Å². The Bertz CT molecular complexity index is 539. The first kappa shape index (κ1) is 21.8. The first-order chi connectivity index (χ1) is 12.2. The number of aliphatic hydroxyl groups is 1. The highest BCUT2D eigenvalue weighted by Gasteiger charge is 2.36. The highest BCUT2D eigenvalue weighted by molar-refractivity contribution is 5.93. The predicted molar refractivity (Wildman–Crippen MR) is 91.8 cm³/mol. The van der Waals surface area contributed by atoms with Gasteiger partial charge in [-0.3, -0.25) is 14.4 Å². The molecule has 0 spiro atoms. The molecule has 10 nitrogen and oxygen atoms in total. The van der Waals surface area contributed by atoms with Gasteiger partial charge in [-0.05, 0) is 25.2 Å². The summed E-state index contributed by atoms with van der Waals surface area (Å²) in [5.74, 6) is -2.64. The molecule has 1 rings (SSSR count). The van der Waals surface area contributed by atoms with Crippen molar-refractivity contribution in [3.8, 4) is 0 Å². The van der Waals surface area contributed by atoms with Gasteiger partial charge in [-0.2, -0.15) is 0 Å². The van der Waals surface area contributed by atoms with Gasteiger partial charge in [-0.15, -0.1) is 0 Å². The van der Waals surface area contributed by atoms with Gasteiger partial charge < -0.3 is 31.5 Å². The second-order valence-electron chi connectivity index (χ2n) is 6.78. The molecule has 3 unspecified atom stereocenters. The number of nitrogens with one attached hydrogen (secondary N) is 2. The van der Waals surface area contributed by atoms with Crippen LogP contribution in [-0.4, -0.2) is 76.6 Å². The molecule has 0 saturated carbocycles. The van der Waals surface area contributed by atoms with Crippen molar-refractivity contribution in [2.75, 3.05) is 19.7 Å². The maximum Gasteiger partial charge on any atom is 0.328 e. The first-order valence-corrected chi connectivity index (χ1v) is 8.64. The van der Waals surface area contributed by atoms with E-state index >= 15 is 0 Å². The summed E-state index contributed by atoms with van der Waals surface area (Å²) in [6.07, 6.45) is 1.65. The minimum absolute atomic E-state index is 0.251. The van der Waals surface area contributed by atoms with Crippen LogP contribution in [0.1, 0.15) is 33.1 Å². The van der Waals surface area contributed by atoms with Crippen molar-refractivity contribution < 1.29 is 29.4 Å². The highest BCUT2D eigenvalue weighted by Crippen LogP contribution is 2.19. The molecule has 0 aromatic heterocycles. The molecule has 1 fully saturated rings. The Morgan fingerprint density at radius 2 is 1.92 bits per heavy atom. The van der Waals surface area contributed by atoms with E-state index < -0.39 is 49.1 Å². The smallest absolute Gasteiger partial charge is 0.328 e. The second-order valence-corrected chi connectivity index (χ2v) is 6.78. The molecule has 6 N–H and O–H groups in total. The topological polar surface area (TPSA) is 162 Å². The molecule has 0 aromatic carbocycles.